The van der Waals surface area contributed by atoms with Gasteiger partial charge in [-0.25, -0.2) is 9.59 Å². The number of esters is 3. The van der Waals surface area contributed by atoms with Crippen LogP contribution >= 0.6 is 0 Å². The average molecular weight is 494 g/mol. The summed E-state index contributed by atoms with van der Waals surface area (Å²) >= 11 is 0. The predicted octanol–water partition coefficient (Wildman–Crippen LogP) is 1.91. The number of benzene rings is 2. The lowest BCUT2D eigenvalue weighted by molar-refractivity contribution is -0.269. The Morgan fingerprint density at radius 1 is 1.00 bits per heavy atom. The van der Waals surface area contributed by atoms with Crippen LogP contribution in [0.1, 0.15) is 33.2 Å². The van der Waals surface area contributed by atoms with Crippen molar-refractivity contribution in [3.8, 4) is 28.7 Å². The van der Waals surface area contributed by atoms with Crippen molar-refractivity contribution in [2.45, 2.75) is 13.8 Å². The zero-order valence-corrected chi connectivity index (χ0v) is 19.5. The van der Waals surface area contributed by atoms with E-state index >= 15 is 0 Å². The molecule has 0 amide bonds. The Labute approximate surface area is 199 Å². The Bertz CT molecular complexity index is 1130. The van der Waals surface area contributed by atoms with E-state index in [1.54, 1.807) is 0 Å². The number of aromatic hydroxyl groups is 1. The van der Waals surface area contributed by atoms with Gasteiger partial charge in [0.25, 0.3) is 0 Å². The highest BCUT2D eigenvalue weighted by Gasteiger charge is 2.31. The van der Waals surface area contributed by atoms with Crippen molar-refractivity contribution in [3.63, 3.8) is 0 Å². The fourth-order valence-electron chi connectivity index (χ4n) is 3.02. The molecule has 0 aliphatic heterocycles. The molecule has 35 heavy (non-hydrogen) atoms. The van der Waals surface area contributed by atoms with E-state index in [-0.39, 0.29) is 11.5 Å². The van der Waals surface area contributed by atoms with Crippen molar-refractivity contribution in [3.05, 3.63) is 34.9 Å². The number of ether oxygens (including phenoxy) is 5. The second-order valence-electron chi connectivity index (χ2n) is 7.19. The van der Waals surface area contributed by atoms with Crippen LogP contribution in [-0.4, -0.2) is 61.4 Å². The molecule has 2 rings (SSSR count). The normalized spacial score (nSPS) is 11.3. The first-order valence-corrected chi connectivity index (χ1v) is 9.91. The molecule has 1 atom stereocenters. The van der Waals surface area contributed by atoms with Crippen LogP contribution in [0.25, 0.3) is 0 Å². The number of phenolic OH excluding ortho intramolecular Hbond substituents is 1. The SMILES string of the molecule is COC(=O)c1c(Oc2cc(C)cc([O-])c2C(=O)OCC(C)C(=O)OC)c(OC)cc(O)c1N(O)O. The summed E-state index contributed by atoms with van der Waals surface area (Å²) in [7, 11) is 3.32. The van der Waals surface area contributed by atoms with Crippen LogP contribution in [0.15, 0.2) is 18.2 Å². The second kappa shape index (κ2) is 11.3. The number of methoxy groups -OCH3 is 3. The summed E-state index contributed by atoms with van der Waals surface area (Å²) in [5.74, 6) is -6.52. The molecule has 2 aromatic rings. The molecule has 0 fully saturated rings. The van der Waals surface area contributed by atoms with Crippen LogP contribution in [0.3, 0.4) is 0 Å². The van der Waals surface area contributed by atoms with Crippen molar-refractivity contribution in [2.75, 3.05) is 33.2 Å². The van der Waals surface area contributed by atoms with E-state index in [1.165, 1.54) is 27.0 Å². The number of rotatable bonds is 9. The molecule has 0 bridgehead atoms. The number of hydrogen-bond donors (Lipinski definition) is 3. The Morgan fingerprint density at radius 3 is 2.20 bits per heavy atom. The van der Waals surface area contributed by atoms with Crippen molar-refractivity contribution in [2.24, 2.45) is 5.92 Å². The largest absolute Gasteiger partial charge is 0.872 e. The molecule has 2 aromatic carbocycles. The maximum atomic E-state index is 12.8. The molecule has 0 aromatic heterocycles. The summed E-state index contributed by atoms with van der Waals surface area (Å²) in [5.41, 5.74) is -1.72. The monoisotopic (exact) mass is 494 g/mol. The van der Waals surface area contributed by atoms with Crippen LogP contribution in [0.4, 0.5) is 5.69 Å². The quantitative estimate of drug-likeness (QED) is 0.261. The van der Waals surface area contributed by atoms with E-state index in [2.05, 4.69) is 9.47 Å². The summed E-state index contributed by atoms with van der Waals surface area (Å²) in [5, 5.41) is 41.4. The van der Waals surface area contributed by atoms with Gasteiger partial charge in [-0.05, 0) is 25.5 Å². The first-order chi connectivity index (χ1) is 16.5. The van der Waals surface area contributed by atoms with Crippen molar-refractivity contribution >= 4 is 23.6 Å². The lowest BCUT2D eigenvalue weighted by Gasteiger charge is -2.23. The molecule has 0 aliphatic carbocycles. The molecule has 13 nitrogen and oxygen atoms in total. The van der Waals surface area contributed by atoms with Gasteiger partial charge < -0.3 is 33.9 Å². The smallest absolute Gasteiger partial charge is 0.344 e. The number of carbonyl (C=O) groups excluding carboxylic acids is 3. The Kier molecular flexibility index (Phi) is 8.70. The molecule has 190 valence electrons. The minimum absolute atomic E-state index is 0.277. The highest BCUT2D eigenvalue weighted by atomic mass is 16.8. The number of aryl methyl sites for hydroxylation is 1. The number of anilines is 1. The van der Waals surface area contributed by atoms with E-state index in [0.29, 0.717) is 5.56 Å². The third-order valence-corrected chi connectivity index (χ3v) is 4.70. The van der Waals surface area contributed by atoms with Crippen LogP contribution in [0, 0.1) is 12.8 Å². The highest BCUT2D eigenvalue weighted by Crippen LogP contribution is 2.46. The summed E-state index contributed by atoms with van der Waals surface area (Å²) in [4.78, 5) is 36.8. The first-order valence-electron chi connectivity index (χ1n) is 9.91. The average Bonchev–Trinajstić information content (AvgIpc) is 2.80. The molecule has 3 N–H and O–H groups in total. The van der Waals surface area contributed by atoms with Crippen LogP contribution in [0.5, 0.6) is 28.7 Å². The van der Waals surface area contributed by atoms with E-state index in [0.717, 1.165) is 26.4 Å². The molecule has 0 heterocycles. The van der Waals surface area contributed by atoms with Crippen molar-refractivity contribution in [1.82, 2.24) is 0 Å². The van der Waals surface area contributed by atoms with Gasteiger partial charge in [0.15, 0.2) is 17.2 Å². The van der Waals surface area contributed by atoms with Crippen molar-refractivity contribution < 1.29 is 58.7 Å². The number of nitrogens with zero attached hydrogens (tertiary/aromatic N) is 1. The Hall–Kier alpha value is -4.23. The van der Waals surface area contributed by atoms with Gasteiger partial charge in [0.05, 0.1) is 32.8 Å². The van der Waals surface area contributed by atoms with E-state index in [1.807, 2.05) is 0 Å². The fraction of sp³-hybridized carbons (Fsp3) is 0.318. The zero-order valence-electron chi connectivity index (χ0n) is 19.5. The van der Waals surface area contributed by atoms with Crippen LogP contribution < -0.4 is 19.8 Å². The third-order valence-electron chi connectivity index (χ3n) is 4.70. The number of phenols is 1. The van der Waals surface area contributed by atoms with Gasteiger partial charge in [-0.1, -0.05) is 11.8 Å². The third kappa shape index (κ3) is 5.83. The summed E-state index contributed by atoms with van der Waals surface area (Å²) < 4.78 is 25.1. The van der Waals surface area contributed by atoms with Gasteiger partial charge in [0, 0.05) is 6.07 Å². The molecule has 13 heteroatoms. The maximum absolute atomic E-state index is 12.8. The van der Waals surface area contributed by atoms with Gasteiger partial charge in [0.2, 0.25) is 0 Å². The molecule has 0 spiro atoms. The van der Waals surface area contributed by atoms with E-state index in [9.17, 15) is 35.0 Å². The lowest BCUT2D eigenvalue weighted by Crippen LogP contribution is -2.21. The molecule has 0 saturated heterocycles. The maximum Gasteiger partial charge on any atom is 0.344 e. The Balaban J connectivity index is 2.65. The molecular weight excluding hydrogens is 470 g/mol. The highest BCUT2D eigenvalue weighted by molar-refractivity contribution is 6.02. The first kappa shape index (κ1) is 27.0. The minimum atomic E-state index is -1.18. The molecule has 1 unspecified atom stereocenters. The van der Waals surface area contributed by atoms with Crippen molar-refractivity contribution in [1.29, 1.82) is 0 Å². The number of carbonyl (C=O) groups is 3. The van der Waals surface area contributed by atoms with Crippen LogP contribution in [-0.2, 0) is 19.0 Å². The Morgan fingerprint density at radius 2 is 1.66 bits per heavy atom. The van der Waals surface area contributed by atoms with Gasteiger partial charge in [-0.3, -0.25) is 15.2 Å². The van der Waals surface area contributed by atoms with E-state index in [4.69, 9.17) is 14.2 Å². The predicted molar refractivity (Wildman–Crippen MR) is 114 cm³/mol. The van der Waals surface area contributed by atoms with Gasteiger partial charge in [-0.15, -0.1) is 5.23 Å². The standard InChI is InChI=1S/C22H25NO12/c1-10-6-12(24)16(22(28)34-9-11(2)20(26)32-4)14(7-10)35-19-15(31-3)8-13(25)18(23(29)30)17(19)21(27)33-5/h6-8,11,24-25,29-30H,9H2,1-5H3/p-1. The number of hydrogen-bond acceptors (Lipinski definition) is 13. The summed E-state index contributed by atoms with van der Waals surface area (Å²) in [6, 6.07) is 3.32. The summed E-state index contributed by atoms with van der Waals surface area (Å²) in [6.45, 7) is 2.58. The molecule has 0 saturated carbocycles. The minimum Gasteiger partial charge on any atom is -0.872 e. The lowest BCUT2D eigenvalue weighted by atomic mass is 10.1. The topological polar surface area (TPSA) is 184 Å². The molecular formula is C22H24NO12-. The summed E-state index contributed by atoms with van der Waals surface area (Å²) in [6.07, 6.45) is 0. The van der Waals surface area contributed by atoms with Gasteiger partial charge in [0.1, 0.15) is 23.7 Å². The van der Waals surface area contributed by atoms with Crippen LogP contribution in [0.2, 0.25) is 0 Å². The van der Waals surface area contributed by atoms with E-state index < -0.39 is 69.7 Å². The van der Waals surface area contributed by atoms with Gasteiger partial charge in [-0.2, -0.15) is 0 Å². The zero-order chi connectivity index (χ0) is 26.4. The molecule has 0 aliphatic rings. The van der Waals surface area contributed by atoms with Gasteiger partial charge >= 0.3 is 17.9 Å². The fourth-order valence-corrected chi connectivity index (χ4v) is 3.02. The molecule has 0 radical (unpaired) electrons. The second-order valence-corrected chi connectivity index (χ2v) is 7.19.